The predicted molar refractivity (Wildman–Crippen MR) is 167 cm³/mol. The van der Waals surface area contributed by atoms with Crippen molar-refractivity contribution in [2.75, 3.05) is 13.7 Å². The number of hydrogen-bond donors (Lipinski definition) is 1. The van der Waals surface area contributed by atoms with Crippen molar-refractivity contribution < 1.29 is 28.5 Å². The second kappa shape index (κ2) is 13.5. The van der Waals surface area contributed by atoms with Gasteiger partial charge in [-0.15, -0.1) is 0 Å². The first-order valence-electron chi connectivity index (χ1n) is 14.1. The van der Waals surface area contributed by atoms with Gasteiger partial charge in [0.25, 0.3) is 0 Å². The molecule has 222 valence electrons. The van der Waals surface area contributed by atoms with Gasteiger partial charge < -0.3 is 29.4 Å². The second-order valence-electron chi connectivity index (χ2n) is 10.1. The SMILES string of the molecule is CCOc1cc(C2C(C#N)=C(N)Oc3cc(OC(=O)/C=C/c4ccc(OC)cc4)ccc32)ccc1OCc1ccc(C)cc1. The predicted octanol–water partition coefficient (Wildman–Crippen LogP) is 6.82. The maximum absolute atomic E-state index is 12.5. The molecule has 0 bridgehead atoms. The number of ether oxygens (including phenoxy) is 5. The summed E-state index contributed by atoms with van der Waals surface area (Å²) < 4.78 is 28.5. The highest BCUT2D eigenvalue weighted by atomic mass is 16.5. The molecule has 0 amide bonds. The van der Waals surface area contributed by atoms with Crippen LogP contribution in [-0.4, -0.2) is 19.7 Å². The van der Waals surface area contributed by atoms with Crippen LogP contribution in [0.25, 0.3) is 6.08 Å². The second-order valence-corrected chi connectivity index (χ2v) is 10.1. The molecular weight excluding hydrogens is 556 g/mol. The van der Waals surface area contributed by atoms with Crippen molar-refractivity contribution in [3.8, 4) is 34.8 Å². The Labute approximate surface area is 256 Å². The zero-order chi connectivity index (χ0) is 31.1. The number of carbonyl (C=O) groups is 1. The van der Waals surface area contributed by atoms with Crippen LogP contribution in [0.4, 0.5) is 0 Å². The van der Waals surface area contributed by atoms with Gasteiger partial charge in [0.1, 0.15) is 35.5 Å². The Kier molecular flexibility index (Phi) is 9.16. The van der Waals surface area contributed by atoms with Gasteiger partial charge in [-0.2, -0.15) is 5.26 Å². The van der Waals surface area contributed by atoms with Crippen molar-refractivity contribution in [3.63, 3.8) is 0 Å². The van der Waals surface area contributed by atoms with Crippen LogP contribution in [0, 0.1) is 18.3 Å². The molecule has 1 heterocycles. The van der Waals surface area contributed by atoms with Gasteiger partial charge in [0.15, 0.2) is 11.5 Å². The summed E-state index contributed by atoms with van der Waals surface area (Å²) in [5.74, 6) is 1.40. The molecular formula is C36H32N2O6. The number of fused-ring (bicyclic) bond motifs is 1. The highest BCUT2D eigenvalue weighted by Crippen LogP contribution is 2.45. The van der Waals surface area contributed by atoms with Gasteiger partial charge in [-0.3, -0.25) is 0 Å². The number of esters is 1. The summed E-state index contributed by atoms with van der Waals surface area (Å²) in [6, 6.07) is 28.2. The van der Waals surface area contributed by atoms with Crippen molar-refractivity contribution in [1.82, 2.24) is 0 Å². The molecule has 44 heavy (non-hydrogen) atoms. The van der Waals surface area contributed by atoms with Gasteiger partial charge in [0.2, 0.25) is 5.88 Å². The Morgan fingerprint density at radius 1 is 0.955 bits per heavy atom. The van der Waals surface area contributed by atoms with E-state index in [2.05, 4.69) is 6.07 Å². The summed E-state index contributed by atoms with van der Waals surface area (Å²) in [7, 11) is 1.59. The van der Waals surface area contributed by atoms with Gasteiger partial charge in [-0.05, 0) is 66.9 Å². The molecule has 2 N–H and O–H groups in total. The average Bonchev–Trinajstić information content (AvgIpc) is 3.03. The molecule has 0 aliphatic carbocycles. The van der Waals surface area contributed by atoms with Gasteiger partial charge in [-0.1, -0.05) is 54.1 Å². The highest BCUT2D eigenvalue weighted by Gasteiger charge is 2.31. The fourth-order valence-electron chi connectivity index (χ4n) is 4.81. The van der Waals surface area contributed by atoms with Crippen LogP contribution in [0.3, 0.4) is 0 Å². The number of hydrogen-bond acceptors (Lipinski definition) is 8. The Morgan fingerprint density at radius 2 is 1.70 bits per heavy atom. The minimum absolute atomic E-state index is 0.0227. The molecule has 0 radical (unpaired) electrons. The third-order valence-electron chi connectivity index (χ3n) is 7.05. The lowest BCUT2D eigenvalue weighted by atomic mass is 9.83. The van der Waals surface area contributed by atoms with Crippen LogP contribution in [0.5, 0.6) is 28.7 Å². The van der Waals surface area contributed by atoms with Crippen LogP contribution in [0.15, 0.2) is 102 Å². The summed E-state index contributed by atoms with van der Waals surface area (Å²) in [4.78, 5) is 12.5. The molecule has 8 heteroatoms. The van der Waals surface area contributed by atoms with E-state index in [0.29, 0.717) is 36.0 Å². The quantitative estimate of drug-likeness (QED) is 0.122. The minimum Gasteiger partial charge on any atom is -0.497 e. The lowest BCUT2D eigenvalue weighted by molar-refractivity contribution is -0.128. The third-order valence-corrected chi connectivity index (χ3v) is 7.05. The van der Waals surface area contributed by atoms with Crippen LogP contribution in [-0.2, 0) is 11.4 Å². The molecule has 1 unspecified atom stereocenters. The van der Waals surface area contributed by atoms with E-state index in [1.165, 1.54) is 11.6 Å². The summed E-state index contributed by atoms with van der Waals surface area (Å²) in [5.41, 5.74) is 11.0. The summed E-state index contributed by atoms with van der Waals surface area (Å²) in [5, 5.41) is 10.0. The Bertz CT molecular complexity index is 1750. The number of nitrogens with two attached hydrogens (primary N) is 1. The number of nitrogens with zero attached hydrogens (tertiary/aromatic N) is 1. The molecule has 0 spiro atoms. The number of methoxy groups -OCH3 is 1. The first-order chi connectivity index (χ1) is 21.4. The highest BCUT2D eigenvalue weighted by molar-refractivity contribution is 5.88. The molecule has 4 aromatic carbocycles. The lowest BCUT2D eigenvalue weighted by Crippen LogP contribution is -2.21. The largest absolute Gasteiger partial charge is 0.497 e. The van der Waals surface area contributed by atoms with Crippen LogP contribution >= 0.6 is 0 Å². The minimum atomic E-state index is -0.558. The smallest absolute Gasteiger partial charge is 0.336 e. The molecule has 4 aromatic rings. The van der Waals surface area contributed by atoms with Crippen LogP contribution in [0.2, 0.25) is 0 Å². The molecule has 5 rings (SSSR count). The Balaban J connectivity index is 1.38. The summed E-state index contributed by atoms with van der Waals surface area (Å²) in [6.07, 6.45) is 2.99. The van der Waals surface area contributed by atoms with E-state index in [1.807, 2.05) is 68.4 Å². The van der Waals surface area contributed by atoms with Crippen molar-refractivity contribution in [3.05, 3.63) is 130 Å². The number of allylic oxidation sites excluding steroid dienone is 1. The summed E-state index contributed by atoms with van der Waals surface area (Å²) in [6.45, 7) is 4.75. The van der Waals surface area contributed by atoms with Crippen molar-refractivity contribution in [1.29, 1.82) is 5.26 Å². The number of nitriles is 1. The van der Waals surface area contributed by atoms with Crippen molar-refractivity contribution in [2.45, 2.75) is 26.4 Å². The molecule has 0 fully saturated rings. The van der Waals surface area contributed by atoms with E-state index in [4.69, 9.17) is 29.4 Å². The maximum atomic E-state index is 12.5. The zero-order valence-electron chi connectivity index (χ0n) is 24.7. The zero-order valence-corrected chi connectivity index (χ0v) is 24.7. The number of rotatable bonds is 10. The average molecular weight is 589 g/mol. The van der Waals surface area contributed by atoms with Crippen LogP contribution < -0.4 is 29.4 Å². The summed E-state index contributed by atoms with van der Waals surface area (Å²) >= 11 is 0. The van der Waals surface area contributed by atoms with Gasteiger partial charge in [-0.25, -0.2) is 4.79 Å². The van der Waals surface area contributed by atoms with Crippen molar-refractivity contribution in [2.24, 2.45) is 5.73 Å². The molecule has 1 atom stereocenters. The third kappa shape index (κ3) is 6.85. The van der Waals surface area contributed by atoms with E-state index in [9.17, 15) is 10.1 Å². The standard InChI is InChI=1S/C36H32N2O6/c1-4-41-33-19-26(12-17-31(33)42-22-25-7-5-23(2)6-8-25)35-29-16-15-28(20-32(29)44-36(38)30(35)21-37)43-34(39)18-11-24-9-13-27(40-3)14-10-24/h5-20,35H,4,22,38H2,1-3H3/b18-11+. The van der Waals surface area contributed by atoms with Gasteiger partial charge in [0.05, 0.1) is 19.6 Å². The first-order valence-corrected chi connectivity index (χ1v) is 14.1. The van der Waals surface area contributed by atoms with E-state index < -0.39 is 11.9 Å². The number of aryl methyl sites for hydroxylation is 1. The van der Waals surface area contributed by atoms with Crippen molar-refractivity contribution >= 4 is 12.0 Å². The monoisotopic (exact) mass is 588 g/mol. The molecule has 0 saturated heterocycles. The normalized spacial score (nSPS) is 13.9. The van der Waals surface area contributed by atoms with E-state index in [0.717, 1.165) is 22.4 Å². The van der Waals surface area contributed by atoms with Crippen LogP contribution in [0.1, 0.15) is 40.7 Å². The first kappa shape index (κ1) is 29.8. The topological polar surface area (TPSA) is 113 Å². The van der Waals surface area contributed by atoms with E-state index in [-0.39, 0.29) is 17.2 Å². The lowest BCUT2D eigenvalue weighted by Gasteiger charge is -2.27. The fraction of sp³-hybridized carbons (Fsp3) is 0.167. The fourth-order valence-corrected chi connectivity index (χ4v) is 4.81. The molecule has 1 aliphatic heterocycles. The van der Waals surface area contributed by atoms with E-state index in [1.54, 1.807) is 43.5 Å². The number of benzene rings is 4. The maximum Gasteiger partial charge on any atom is 0.336 e. The number of carbonyl (C=O) groups excluding carboxylic acids is 1. The molecule has 0 saturated carbocycles. The van der Waals surface area contributed by atoms with Gasteiger partial charge >= 0.3 is 5.97 Å². The molecule has 0 aromatic heterocycles. The molecule has 8 nitrogen and oxygen atoms in total. The Morgan fingerprint density at radius 3 is 2.41 bits per heavy atom. The van der Waals surface area contributed by atoms with Gasteiger partial charge in [0, 0.05) is 17.7 Å². The Hall–Kier alpha value is -5.68. The van der Waals surface area contributed by atoms with E-state index >= 15 is 0 Å². The molecule has 1 aliphatic rings.